The lowest BCUT2D eigenvalue weighted by atomic mass is 10.1. The van der Waals surface area contributed by atoms with Crippen molar-refractivity contribution >= 4 is 22.6 Å². The molecule has 1 N–H and O–H groups in total. The zero-order valence-electron chi connectivity index (χ0n) is 8.89. The molecule has 1 nitrogen and oxygen atoms in total. The maximum absolute atomic E-state index is 3.52. The van der Waals surface area contributed by atoms with E-state index in [1.165, 1.54) is 22.0 Å². The van der Waals surface area contributed by atoms with E-state index in [0.29, 0.717) is 6.04 Å². The Morgan fingerprint density at radius 1 is 1.29 bits per heavy atom. The topological polar surface area (TPSA) is 12.0 Å². The molecule has 1 aromatic rings. The SMILES string of the molecule is CCCCNC(C)c1ccc(I)cc1. The molecule has 0 aromatic heterocycles. The van der Waals surface area contributed by atoms with E-state index in [2.05, 4.69) is 66.0 Å². The Morgan fingerprint density at radius 2 is 1.93 bits per heavy atom. The van der Waals surface area contributed by atoms with Gasteiger partial charge in [0.05, 0.1) is 0 Å². The third kappa shape index (κ3) is 3.96. The summed E-state index contributed by atoms with van der Waals surface area (Å²) in [6, 6.07) is 9.19. The number of hydrogen-bond acceptors (Lipinski definition) is 1. The Hall–Kier alpha value is -0.0900. The molecule has 0 bridgehead atoms. The molecule has 0 heterocycles. The average molecular weight is 303 g/mol. The standard InChI is InChI=1S/C12H18IN/c1-3-4-9-14-10(2)11-5-7-12(13)8-6-11/h5-8,10,14H,3-4,9H2,1-2H3. The van der Waals surface area contributed by atoms with Crippen LogP contribution >= 0.6 is 22.6 Å². The first kappa shape index (κ1) is 12.0. The van der Waals surface area contributed by atoms with E-state index in [4.69, 9.17) is 0 Å². The molecule has 1 rings (SSSR count). The first-order valence-corrected chi connectivity index (χ1v) is 6.30. The molecule has 0 aliphatic rings. The van der Waals surface area contributed by atoms with Crippen LogP contribution in [-0.4, -0.2) is 6.54 Å². The molecule has 0 saturated heterocycles. The smallest absolute Gasteiger partial charge is 0.0291 e. The van der Waals surface area contributed by atoms with E-state index < -0.39 is 0 Å². The van der Waals surface area contributed by atoms with Gasteiger partial charge >= 0.3 is 0 Å². The largest absolute Gasteiger partial charge is 0.310 e. The number of hydrogen-bond donors (Lipinski definition) is 1. The second-order valence-electron chi connectivity index (χ2n) is 3.58. The molecular formula is C12H18IN. The zero-order chi connectivity index (χ0) is 10.4. The van der Waals surface area contributed by atoms with Crippen molar-refractivity contribution in [2.45, 2.75) is 32.7 Å². The van der Waals surface area contributed by atoms with Gasteiger partial charge < -0.3 is 5.32 Å². The summed E-state index contributed by atoms with van der Waals surface area (Å²) < 4.78 is 1.30. The molecule has 1 aromatic carbocycles. The summed E-state index contributed by atoms with van der Waals surface area (Å²) in [5, 5.41) is 3.52. The number of rotatable bonds is 5. The number of halogens is 1. The Morgan fingerprint density at radius 3 is 2.50 bits per heavy atom. The van der Waals surface area contributed by atoms with Gasteiger partial charge in [-0.3, -0.25) is 0 Å². The van der Waals surface area contributed by atoms with Crippen molar-refractivity contribution in [3.05, 3.63) is 33.4 Å². The van der Waals surface area contributed by atoms with E-state index in [1.807, 2.05) is 0 Å². The predicted octanol–water partition coefficient (Wildman–Crippen LogP) is 3.74. The normalized spacial score (nSPS) is 12.8. The van der Waals surface area contributed by atoms with E-state index in [1.54, 1.807) is 0 Å². The Bertz CT molecular complexity index is 256. The molecule has 1 unspecified atom stereocenters. The maximum Gasteiger partial charge on any atom is 0.0291 e. The molecule has 0 spiro atoms. The third-order valence-corrected chi connectivity index (χ3v) is 3.07. The number of benzene rings is 1. The molecule has 0 fully saturated rings. The van der Waals surface area contributed by atoms with Crippen LogP contribution in [0.25, 0.3) is 0 Å². The van der Waals surface area contributed by atoms with Crippen molar-refractivity contribution in [3.8, 4) is 0 Å². The fourth-order valence-electron chi connectivity index (χ4n) is 1.36. The fraction of sp³-hybridized carbons (Fsp3) is 0.500. The molecule has 0 amide bonds. The predicted molar refractivity (Wildman–Crippen MR) is 70.5 cm³/mol. The maximum atomic E-state index is 3.52. The van der Waals surface area contributed by atoms with Crippen LogP contribution in [0.1, 0.15) is 38.3 Å². The summed E-state index contributed by atoms with van der Waals surface area (Å²) in [5.74, 6) is 0. The van der Waals surface area contributed by atoms with E-state index in [0.717, 1.165) is 6.54 Å². The van der Waals surface area contributed by atoms with Crippen molar-refractivity contribution in [2.24, 2.45) is 0 Å². The van der Waals surface area contributed by atoms with Gasteiger partial charge in [-0.05, 0) is 60.2 Å². The van der Waals surface area contributed by atoms with Crippen LogP contribution in [0.2, 0.25) is 0 Å². The van der Waals surface area contributed by atoms with Crippen molar-refractivity contribution in [3.63, 3.8) is 0 Å². The van der Waals surface area contributed by atoms with Gasteiger partial charge in [0, 0.05) is 9.61 Å². The average Bonchev–Trinajstić information content (AvgIpc) is 2.19. The highest BCUT2D eigenvalue weighted by Gasteiger charge is 2.02. The quantitative estimate of drug-likeness (QED) is 0.645. The van der Waals surface area contributed by atoms with Crippen LogP contribution < -0.4 is 5.32 Å². The summed E-state index contributed by atoms with van der Waals surface area (Å²) in [4.78, 5) is 0. The molecule has 0 saturated carbocycles. The van der Waals surface area contributed by atoms with Crippen LogP contribution in [0, 0.1) is 3.57 Å². The van der Waals surface area contributed by atoms with Gasteiger partial charge in [-0.25, -0.2) is 0 Å². The Kier molecular flexibility index (Phi) is 5.48. The van der Waals surface area contributed by atoms with Crippen molar-refractivity contribution < 1.29 is 0 Å². The monoisotopic (exact) mass is 303 g/mol. The Balaban J connectivity index is 2.43. The van der Waals surface area contributed by atoms with Gasteiger partial charge in [0.15, 0.2) is 0 Å². The van der Waals surface area contributed by atoms with Gasteiger partial charge in [-0.2, -0.15) is 0 Å². The lowest BCUT2D eigenvalue weighted by Crippen LogP contribution is -2.19. The minimum Gasteiger partial charge on any atom is -0.310 e. The molecule has 0 radical (unpaired) electrons. The second-order valence-corrected chi connectivity index (χ2v) is 4.83. The summed E-state index contributed by atoms with van der Waals surface area (Å²) in [5.41, 5.74) is 1.38. The van der Waals surface area contributed by atoms with Crippen LogP contribution in [0.5, 0.6) is 0 Å². The minimum absolute atomic E-state index is 0.471. The summed E-state index contributed by atoms with van der Waals surface area (Å²) in [6.45, 7) is 5.55. The van der Waals surface area contributed by atoms with Gasteiger partial charge in [0.25, 0.3) is 0 Å². The molecule has 78 valence electrons. The van der Waals surface area contributed by atoms with Crippen LogP contribution in [0.15, 0.2) is 24.3 Å². The minimum atomic E-state index is 0.471. The highest BCUT2D eigenvalue weighted by Crippen LogP contribution is 2.14. The second kappa shape index (κ2) is 6.40. The molecule has 2 heteroatoms. The van der Waals surface area contributed by atoms with E-state index in [-0.39, 0.29) is 0 Å². The fourth-order valence-corrected chi connectivity index (χ4v) is 1.72. The Labute approximate surface area is 100 Å². The lowest BCUT2D eigenvalue weighted by molar-refractivity contribution is 0.554. The van der Waals surface area contributed by atoms with Crippen molar-refractivity contribution in [1.82, 2.24) is 5.32 Å². The number of unbranched alkanes of at least 4 members (excludes halogenated alkanes) is 1. The van der Waals surface area contributed by atoms with Gasteiger partial charge in [0.2, 0.25) is 0 Å². The van der Waals surface area contributed by atoms with Crippen molar-refractivity contribution in [1.29, 1.82) is 0 Å². The highest BCUT2D eigenvalue weighted by atomic mass is 127. The van der Waals surface area contributed by atoms with Gasteiger partial charge in [0.1, 0.15) is 0 Å². The van der Waals surface area contributed by atoms with E-state index >= 15 is 0 Å². The molecule has 0 aliphatic heterocycles. The summed E-state index contributed by atoms with van der Waals surface area (Å²) >= 11 is 2.33. The zero-order valence-corrected chi connectivity index (χ0v) is 11.0. The summed E-state index contributed by atoms with van der Waals surface area (Å²) in [7, 11) is 0. The lowest BCUT2D eigenvalue weighted by Gasteiger charge is -2.13. The van der Waals surface area contributed by atoms with E-state index in [9.17, 15) is 0 Å². The van der Waals surface area contributed by atoms with Gasteiger partial charge in [-0.1, -0.05) is 25.5 Å². The number of nitrogens with one attached hydrogen (secondary N) is 1. The van der Waals surface area contributed by atoms with Crippen LogP contribution in [0.4, 0.5) is 0 Å². The molecule has 1 atom stereocenters. The van der Waals surface area contributed by atoms with Crippen LogP contribution in [-0.2, 0) is 0 Å². The molecule has 0 aliphatic carbocycles. The van der Waals surface area contributed by atoms with Crippen LogP contribution in [0.3, 0.4) is 0 Å². The van der Waals surface area contributed by atoms with Crippen molar-refractivity contribution in [2.75, 3.05) is 6.54 Å². The highest BCUT2D eigenvalue weighted by molar-refractivity contribution is 14.1. The van der Waals surface area contributed by atoms with Gasteiger partial charge in [-0.15, -0.1) is 0 Å². The first-order chi connectivity index (χ1) is 6.74. The first-order valence-electron chi connectivity index (χ1n) is 5.23. The third-order valence-electron chi connectivity index (χ3n) is 2.35. The molecular weight excluding hydrogens is 285 g/mol. The molecule has 14 heavy (non-hydrogen) atoms. The summed E-state index contributed by atoms with van der Waals surface area (Å²) in [6.07, 6.45) is 2.51.